The van der Waals surface area contributed by atoms with Crippen LogP contribution >= 0.6 is 0 Å². The Morgan fingerprint density at radius 2 is 2.06 bits per heavy atom. The zero-order valence-electron chi connectivity index (χ0n) is 10.1. The van der Waals surface area contributed by atoms with Crippen LogP contribution in [0.5, 0.6) is 5.75 Å². The van der Waals surface area contributed by atoms with Crippen LogP contribution in [0.3, 0.4) is 0 Å². The SMILES string of the molecule is COc1cccc(C2(CN)CC2)c1S(C)(=O)=O. The Balaban J connectivity index is 2.68. The molecule has 0 amide bonds. The second kappa shape index (κ2) is 3.99. The zero-order chi connectivity index (χ0) is 12.7. The van der Waals surface area contributed by atoms with E-state index in [4.69, 9.17) is 10.5 Å². The third-order valence-electron chi connectivity index (χ3n) is 3.39. The summed E-state index contributed by atoms with van der Waals surface area (Å²) in [5.41, 5.74) is 6.42. The van der Waals surface area contributed by atoms with Gasteiger partial charge in [-0.15, -0.1) is 0 Å². The molecule has 94 valence electrons. The van der Waals surface area contributed by atoms with Gasteiger partial charge in [0.2, 0.25) is 0 Å². The highest BCUT2D eigenvalue weighted by Gasteiger charge is 2.46. The first-order valence-corrected chi connectivity index (χ1v) is 7.41. The number of hydrogen-bond acceptors (Lipinski definition) is 4. The number of benzene rings is 1. The fourth-order valence-electron chi connectivity index (χ4n) is 2.21. The van der Waals surface area contributed by atoms with E-state index >= 15 is 0 Å². The van der Waals surface area contributed by atoms with Gasteiger partial charge in [0.15, 0.2) is 9.84 Å². The van der Waals surface area contributed by atoms with Gasteiger partial charge in [-0.2, -0.15) is 0 Å². The molecule has 1 saturated carbocycles. The molecule has 0 unspecified atom stereocenters. The molecule has 0 bridgehead atoms. The number of hydrogen-bond donors (Lipinski definition) is 1. The van der Waals surface area contributed by atoms with Gasteiger partial charge < -0.3 is 10.5 Å². The number of rotatable bonds is 4. The third kappa shape index (κ3) is 2.05. The van der Waals surface area contributed by atoms with Crippen molar-refractivity contribution in [3.05, 3.63) is 23.8 Å². The molecule has 1 fully saturated rings. The van der Waals surface area contributed by atoms with E-state index in [0.717, 1.165) is 18.4 Å². The minimum Gasteiger partial charge on any atom is -0.495 e. The lowest BCUT2D eigenvalue weighted by Gasteiger charge is -2.18. The molecule has 1 aromatic rings. The molecular formula is C12H17NO3S. The predicted molar refractivity (Wildman–Crippen MR) is 66.1 cm³/mol. The largest absolute Gasteiger partial charge is 0.495 e. The van der Waals surface area contributed by atoms with Crippen molar-refractivity contribution in [3.8, 4) is 5.75 Å². The molecule has 1 aromatic carbocycles. The molecule has 2 N–H and O–H groups in total. The molecular weight excluding hydrogens is 238 g/mol. The lowest BCUT2D eigenvalue weighted by atomic mass is 9.96. The van der Waals surface area contributed by atoms with E-state index in [1.54, 1.807) is 6.07 Å². The van der Waals surface area contributed by atoms with E-state index in [9.17, 15) is 8.42 Å². The summed E-state index contributed by atoms with van der Waals surface area (Å²) in [6.45, 7) is 0.475. The van der Waals surface area contributed by atoms with Crippen molar-refractivity contribution in [2.75, 3.05) is 19.9 Å². The van der Waals surface area contributed by atoms with Gasteiger partial charge in [0, 0.05) is 18.2 Å². The molecule has 0 aromatic heterocycles. The van der Waals surface area contributed by atoms with Crippen LogP contribution in [0.25, 0.3) is 0 Å². The van der Waals surface area contributed by atoms with Crippen LogP contribution < -0.4 is 10.5 Å². The summed E-state index contributed by atoms with van der Waals surface area (Å²) >= 11 is 0. The normalized spacial score (nSPS) is 17.8. The smallest absolute Gasteiger partial charge is 0.179 e. The molecule has 0 spiro atoms. The maximum atomic E-state index is 11.9. The summed E-state index contributed by atoms with van der Waals surface area (Å²) in [4.78, 5) is 0.297. The molecule has 2 rings (SSSR count). The lowest BCUT2D eigenvalue weighted by Crippen LogP contribution is -2.22. The highest BCUT2D eigenvalue weighted by atomic mass is 32.2. The van der Waals surface area contributed by atoms with Crippen LogP contribution in [-0.4, -0.2) is 28.3 Å². The number of ether oxygens (including phenoxy) is 1. The first-order chi connectivity index (χ1) is 7.94. The monoisotopic (exact) mass is 255 g/mol. The van der Waals surface area contributed by atoms with Crippen molar-refractivity contribution in [3.63, 3.8) is 0 Å². The standard InChI is InChI=1S/C12H17NO3S/c1-16-10-5-3-4-9(11(10)17(2,14)15)12(8-13)6-7-12/h3-5H,6-8,13H2,1-2H3. The van der Waals surface area contributed by atoms with Crippen molar-refractivity contribution in [2.24, 2.45) is 5.73 Å². The van der Waals surface area contributed by atoms with Crippen molar-refractivity contribution in [2.45, 2.75) is 23.2 Å². The van der Waals surface area contributed by atoms with E-state index in [2.05, 4.69) is 0 Å². The van der Waals surface area contributed by atoms with Gasteiger partial charge in [-0.3, -0.25) is 0 Å². The summed E-state index contributed by atoms with van der Waals surface area (Å²) in [6.07, 6.45) is 3.10. The van der Waals surface area contributed by atoms with Crippen LogP contribution in [0.1, 0.15) is 18.4 Å². The average molecular weight is 255 g/mol. The third-order valence-corrected chi connectivity index (χ3v) is 4.55. The highest BCUT2D eigenvalue weighted by Crippen LogP contribution is 2.50. The van der Waals surface area contributed by atoms with Crippen molar-refractivity contribution in [1.29, 1.82) is 0 Å². The maximum Gasteiger partial charge on any atom is 0.179 e. The van der Waals surface area contributed by atoms with E-state index in [1.807, 2.05) is 12.1 Å². The van der Waals surface area contributed by atoms with Gasteiger partial charge in [-0.25, -0.2) is 8.42 Å². The fraction of sp³-hybridized carbons (Fsp3) is 0.500. The predicted octanol–water partition coefficient (Wildman–Crippen LogP) is 1.09. The van der Waals surface area contributed by atoms with Crippen molar-refractivity contribution in [1.82, 2.24) is 0 Å². The number of methoxy groups -OCH3 is 1. The van der Waals surface area contributed by atoms with Gasteiger partial charge in [0.05, 0.1) is 7.11 Å². The van der Waals surface area contributed by atoms with Gasteiger partial charge in [0.25, 0.3) is 0 Å². The Hall–Kier alpha value is -1.07. The molecule has 0 aliphatic heterocycles. The molecule has 1 aliphatic rings. The first-order valence-electron chi connectivity index (χ1n) is 5.52. The van der Waals surface area contributed by atoms with Crippen LogP contribution in [0.2, 0.25) is 0 Å². The van der Waals surface area contributed by atoms with Gasteiger partial charge in [-0.1, -0.05) is 12.1 Å². The zero-order valence-corrected chi connectivity index (χ0v) is 10.9. The molecule has 0 atom stereocenters. The van der Waals surface area contributed by atoms with E-state index in [0.29, 0.717) is 17.2 Å². The Labute approximate surface area is 102 Å². The molecule has 4 nitrogen and oxygen atoms in total. The van der Waals surface area contributed by atoms with Gasteiger partial charge >= 0.3 is 0 Å². The Morgan fingerprint density at radius 1 is 1.41 bits per heavy atom. The molecule has 0 saturated heterocycles. The second-order valence-electron chi connectivity index (χ2n) is 4.59. The van der Waals surface area contributed by atoms with E-state index < -0.39 is 9.84 Å². The lowest BCUT2D eigenvalue weighted by molar-refractivity contribution is 0.400. The molecule has 5 heteroatoms. The number of sulfone groups is 1. The summed E-state index contributed by atoms with van der Waals surface area (Å²) in [5.74, 6) is 0.407. The van der Waals surface area contributed by atoms with E-state index in [1.165, 1.54) is 13.4 Å². The second-order valence-corrected chi connectivity index (χ2v) is 6.55. The van der Waals surface area contributed by atoms with Crippen molar-refractivity contribution >= 4 is 9.84 Å². The highest BCUT2D eigenvalue weighted by molar-refractivity contribution is 7.90. The molecule has 17 heavy (non-hydrogen) atoms. The molecule has 1 aliphatic carbocycles. The Morgan fingerprint density at radius 3 is 2.47 bits per heavy atom. The van der Waals surface area contributed by atoms with Crippen molar-refractivity contribution < 1.29 is 13.2 Å². The average Bonchev–Trinajstić information content (AvgIpc) is 3.07. The topological polar surface area (TPSA) is 69.4 Å². The fourth-order valence-corrected chi connectivity index (χ4v) is 3.41. The molecule has 0 radical (unpaired) electrons. The minimum atomic E-state index is -3.31. The molecule has 0 heterocycles. The minimum absolute atomic E-state index is 0.160. The van der Waals surface area contributed by atoms with Crippen LogP contribution in [-0.2, 0) is 15.3 Å². The van der Waals surface area contributed by atoms with Gasteiger partial charge in [0.1, 0.15) is 10.6 Å². The number of nitrogens with two attached hydrogens (primary N) is 1. The summed E-state index contributed by atoms with van der Waals surface area (Å²) in [5, 5.41) is 0. The summed E-state index contributed by atoms with van der Waals surface area (Å²) < 4.78 is 29.0. The van der Waals surface area contributed by atoms with Gasteiger partial charge in [-0.05, 0) is 24.5 Å². The maximum absolute atomic E-state index is 11.9. The van der Waals surface area contributed by atoms with E-state index in [-0.39, 0.29) is 5.41 Å². The first kappa shape index (κ1) is 12.4. The summed E-state index contributed by atoms with van der Waals surface area (Å²) in [7, 11) is -1.83. The van der Waals surface area contributed by atoms with Crippen LogP contribution in [0.4, 0.5) is 0 Å². The van der Waals surface area contributed by atoms with Crippen LogP contribution in [0.15, 0.2) is 23.1 Å². The Bertz CT molecular complexity index is 533. The van der Waals surface area contributed by atoms with Crippen LogP contribution in [0, 0.1) is 0 Å². The Kier molecular flexibility index (Phi) is 2.91. The summed E-state index contributed by atoms with van der Waals surface area (Å²) in [6, 6.07) is 5.34. The quantitative estimate of drug-likeness (QED) is 0.874.